The summed E-state index contributed by atoms with van der Waals surface area (Å²) in [5, 5.41) is 5.09. The number of alkyl halides is 1. The molecule has 9 heteroatoms. The van der Waals surface area contributed by atoms with Crippen LogP contribution in [-0.4, -0.2) is 28.5 Å². The molecule has 0 spiro atoms. The fourth-order valence-electron chi connectivity index (χ4n) is 1.70. The maximum absolute atomic E-state index is 12.0. The normalized spacial score (nSPS) is 12.4. The summed E-state index contributed by atoms with van der Waals surface area (Å²) < 4.78 is 49.2. The van der Waals surface area contributed by atoms with Crippen LogP contribution in [0.5, 0.6) is 0 Å². The molecular formula is C12H19ClN2O4S2. The number of hydrogen-bond donors (Lipinski definition) is 2. The Morgan fingerprint density at radius 2 is 1.76 bits per heavy atom. The van der Waals surface area contributed by atoms with Crippen molar-refractivity contribution in [3.8, 4) is 0 Å². The summed E-state index contributed by atoms with van der Waals surface area (Å²) in [4.78, 5) is -0.121. The Hall–Kier alpha value is -0.830. The number of aryl methyl sites for hydroxylation is 1. The maximum Gasteiger partial charge on any atom is 0.238 e. The van der Waals surface area contributed by atoms with Crippen molar-refractivity contribution < 1.29 is 16.8 Å². The van der Waals surface area contributed by atoms with E-state index < -0.39 is 20.0 Å². The van der Waals surface area contributed by atoms with Crippen LogP contribution in [-0.2, 0) is 20.0 Å². The zero-order valence-corrected chi connectivity index (χ0v) is 14.3. The van der Waals surface area contributed by atoms with Crippen LogP contribution in [0.1, 0.15) is 24.0 Å². The highest BCUT2D eigenvalue weighted by Gasteiger charge is 2.16. The first-order valence-electron chi connectivity index (χ1n) is 6.27. The van der Waals surface area contributed by atoms with E-state index in [1.807, 2.05) is 0 Å². The molecule has 6 nitrogen and oxygen atoms in total. The summed E-state index contributed by atoms with van der Waals surface area (Å²) in [7, 11) is -7.45. The number of primary sulfonamides is 1. The molecule has 0 bridgehead atoms. The highest BCUT2D eigenvalue weighted by Crippen LogP contribution is 2.24. The van der Waals surface area contributed by atoms with Crippen molar-refractivity contribution in [3.63, 3.8) is 0 Å². The van der Waals surface area contributed by atoms with Crippen LogP contribution in [0.2, 0.25) is 0 Å². The number of unbranched alkanes of at least 4 members (excludes halogenated alkanes) is 1. The van der Waals surface area contributed by atoms with E-state index in [9.17, 15) is 16.8 Å². The van der Waals surface area contributed by atoms with Crippen molar-refractivity contribution >= 4 is 37.3 Å². The number of benzene rings is 1. The molecule has 0 unspecified atom stereocenters. The van der Waals surface area contributed by atoms with E-state index in [1.54, 1.807) is 13.8 Å². The highest BCUT2D eigenvalue weighted by molar-refractivity contribution is 7.92. The van der Waals surface area contributed by atoms with Gasteiger partial charge in [0.15, 0.2) is 0 Å². The Morgan fingerprint density at radius 1 is 1.14 bits per heavy atom. The van der Waals surface area contributed by atoms with Crippen molar-refractivity contribution in [2.45, 2.75) is 31.6 Å². The van der Waals surface area contributed by atoms with Crippen molar-refractivity contribution in [2.24, 2.45) is 5.14 Å². The molecule has 120 valence electrons. The van der Waals surface area contributed by atoms with Gasteiger partial charge in [0.05, 0.1) is 16.3 Å². The summed E-state index contributed by atoms with van der Waals surface area (Å²) in [5.74, 6) is 0.326. The third kappa shape index (κ3) is 5.46. The minimum atomic E-state index is -3.89. The highest BCUT2D eigenvalue weighted by atomic mass is 35.5. The van der Waals surface area contributed by atoms with Crippen molar-refractivity contribution in [1.82, 2.24) is 0 Å². The van der Waals surface area contributed by atoms with E-state index >= 15 is 0 Å². The van der Waals surface area contributed by atoms with E-state index in [1.165, 1.54) is 12.1 Å². The fraction of sp³-hybridized carbons (Fsp3) is 0.500. The molecule has 0 heterocycles. The predicted molar refractivity (Wildman–Crippen MR) is 84.7 cm³/mol. The Labute approximate surface area is 130 Å². The van der Waals surface area contributed by atoms with Crippen LogP contribution in [0, 0.1) is 13.8 Å². The molecule has 0 fully saturated rings. The first kappa shape index (κ1) is 18.2. The largest absolute Gasteiger partial charge is 0.283 e. The molecule has 3 N–H and O–H groups in total. The molecule has 0 aliphatic carbocycles. The Balaban J connectivity index is 3.11. The molecule has 1 aromatic carbocycles. The number of nitrogens with two attached hydrogens (primary N) is 1. The second-order valence-corrected chi connectivity index (χ2v) is 8.56. The molecule has 0 radical (unpaired) electrons. The second-order valence-electron chi connectivity index (χ2n) is 4.77. The van der Waals surface area contributed by atoms with Gasteiger partial charge in [-0.1, -0.05) is 0 Å². The lowest BCUT2D eigenvalue weighted by Crippen LogP contribution is -2.19. The lowest BCUT2D eigenvalue weighted by atomic mass is 10.1. The number of halogens is 1. The van der Waals surface area contributed by atoms with Gasteiger partial charge in [-0.05, 0) is 49.9 Å². The number of anilines is 1. The molecule has 1 rings (SSSR count). The number of hydrogen-bond acceptors (Lipinski definition) is 4. The molecule has 0 aliphatic rings. The first-order chi connectivity index (χ1) is 9.57. The van der Waals surface area contributed by atoms with Gasteiger partial charge in [-0.2, -0.15) is 0 Å². The average molecular weight is 355 g/mol. The summed E-state index contributed by atoms with van der Waals surface area (Å²) in [6.07, 6.45) is 1.03. The van der Waals surface area contributed by atoms with Gasteiger partial charge >= 0.3 is 0 Å². The third-order valence-corrected chi connectivity index (χ3v) is 5.55. The molecule has 0 saturated carbocycles. The molecule has 0 aromatic heterocycles. The van der Waals surface area contributed by atoms with Gasteiger partial charge in [-0.3, -0.25) is 4.72 Å². The van der Waals surface area contributed by atoms with Crippen molar-refractivity contribution in [2.75, 3.05) is 16.4 Å². The SMILES string of the molecule is Cc1cc(S(N)(=O)=O)cc(NS(=O)(=O)CCCCCl)c1C. The second kappa shape index (κ2) is 6.95. The topological polar surface area (TPSA) is 106 Å². The summed E-state index contributed by atoms with van der Waals surface area (Å²) in [6.45, 7) is 3.40. The van der Waals surface area contributed by atoms with Crippen LogP contribution in [0.25, 0.3) is 0 Å². The standard InChI is InChI=1S/C12H19ClN2O4S2/c1-9-7-11(21(14,18)19)8-12(10(9)2)15-20(16,17)6-4-3-5-13/h7-8,15H,3-6H2,1-2H3,(H2,14,18,19). The number of sulfonamides is 2. The lowest BCUT2D eigenvalue weighted by molar-refractivity contribution is 0.595. The minimum absolute atomic E-state index is 0.0716. The summed E-state index contributed by atoms with van der Waals surface area (Å²) in [5.41, 5.74) is 1.52. The van der Waals surface area contributed by atoms with E-state index in [4.69, 9.17) is 16.7 Å². The smallest absolute Gasteiger partial charge is 0.238 e. The molecule has 0 amide bonds. The monoisotopic (exact) mass is 354 g/mol. The molecule has 0 atom stereocenters. The van der Waals surface area contributed by atoms with Gasteiger partial charge in [0.25, 0.3) is 0 Å². The van der Waals surface area contributed by atoms with Crippen molar-refractivity contribution in [3.05, 3.63) is 23.3 Å². The number of nitrogens with one attached hydrogen (secondary N) is 1. The van der Waals surface area contributed by atoms with Crippen LogP contribution in [0.15, 0.2) is 17.0 Å². The zero-order chi connectivity index (χ0) is 16.3. The van der Waals surface area contributed by atoms with Gasteiger partial charge < -0.3 is 0 Å². The zero-order valence-electron chi connectivity index (χ0n) is 11.9. The van der Waals surface area contributed by atoms with Gasteiger partial charge in [0, 0.05) is 5.88 Å². The molecule has 1 aromatic rings. The number of rotatable bonds is 7. The van der Waals surface area contributed by atoms with Crippen molar-refractivity contribution in [1.29, 1.82) is 0 Å². The lowest BCUT2D eigenvalue weighted by Gasteiger charge is -2.14. The molecule has 0 saturated heterocycles. The Kier molecular flexibility index (Phi) is 6.03. The molecule has 0 aliphatic heterocycles. The predicted octanol–water partition coefficient (Wildman–Crippen LogP) is 1.71. The Morgan fingerprint density at radius 3 is 2.29 bits per heavy atom. The van der Waals surface area contributed by atoms with E-state index in [-0.39, 0.29) is 16.3 Å². The van der Waals surface area contributed by atoms with Gasteiger partial charge in [-0.15, -0.1) is 11.6 Å². The Bertz CT molecular complexity index is 715. The van der Waals surface area contributed by atoms with E-state index in [0.29, 0.717) is 29.8 Å². The fourth-order valence-corrected chi connectivity index (χ4v) is 3.75. The van der Waals surface area contributed by atoms with E-state index in [2.05, 4.69) is 4.72 Å². The third-order valence-electron chi connectivity index (χ3n) is 3.03. The van der Waals surface area contributed by atoms with E-state index in [0.717, 1.165) is 0 Å². The van der Waals surface area contributed by atoms with Gasteiger partial charge in [0.2, 0.25) is 20.0 Å². The minimum Gasteiger partial charge on any atom is -0.283 e. The maximum atomic E-state index is 12.0. The van der Waals surface area contributed by atoms with Crippen LogP contribution >= 0.6 is 11.6 Å². The molecule has 21 heavy (non-hydrogen) atoms. The van der Waals surface area contributed by atoms with Gasteiger partial charge in [-0.25, -0.2) is 22.0 Å². The van der Waals surface area contributed by atoms with Crippen LogP contribution in [0.3, 0.4) is 0 Å². The first-order valence-corrected chi connectivity index (χ1v) is 10.0. The molecular weight excluding hydrogens is 336 g/mol. The van der Waals surface area contributed by atoms with Gasteiger partial charge in [0.1, 0.15) is 0 Å². The van der Waals surface area contributed by atoms with Crippen LogP contribution < -0.4 is 9.86 Å². The summed E-state index contributed by atoms with van der Waals surface area (Å²) >= 11 is 5.51. The summed E-state index contributed by atoms with van der Waals surface area (Å²) in [6, 6.07) is 2.65. The van der Waals surface area contributed by atoms with Crippen LogP contribution in [0.4, 0.5) is 5.69 Å². The quantitative estimate of drug-likeness (QED) is 0.574. The average Bonchev–Trinajstić information content (AvgIpc) is 2.33.